The van der Waals surface area contributed by atoms with Gasteiger partial charge >= 0.3 is 11.9 Å². The van der Waals surface area contributed by atoms with Crippen molar-refractivity contribution in [3.05, 3.63) is 11.6 Å². The van der Waals surface area contributed by atoms with Gasteiger partial charge in [0.2, 0.25) is 5.79 Å². The van der Waals surface area contributed by atoms with Crippen molar-refractivity contribution in [1.29, 1.82) is 0 Å². The van der Waals surface area contributed by atoms with Crippen molar-refractivity contribution in [3.8, 4) is 0 Å². The molecule has 1 aliphatic heterocycles. The second-order valence-corrected chi connectivity index (χ2v) is 13.9. The number of cyclic esters (lactones) is 1. The predicted octanol–water partition coefficient (Wildman–Crippen LogP) is 5.91. The maximum absolute atomic E-state index is 11.9. The van der Waals surface area contributed by atoms with Crippen LogP contribution in [0.5, 0.6) is 0 Å². The summed E-state index contributed by atoms with van der Waals surface area (Å²) in [6.07, 6.45) is 16.1. The van der Waals surface area contributed by atoms with Crippen LogP contribution in [0.4, 0.5) is 0 Å². The lowest BCUT2D eigenvalue weighted by Crippen LogP contribution is -2.31. The van der Waals surface area contributed by atoms with E-state index in [0.717, 1.165) is 38.5 Å². The lowest BCUT2D eigenvalue weighted by atomic mass is 9.96. The summed E-state index contributed by atoms with van der Waals surface area (Å²) in [5.74, 6) is -2.69. The fourth-order valence-electron chi connectivity index (χ4n) is 6.25. The average Bonchev–Trinajstić information content (AvgIpc) is 3.27. The molecule has 0 saturated heterocycles. The van der Waals surface area contributed by atoms with Crippen LogP contribution in [0.2, 0.25) is 0 Å². The number of unbranched alkanes of at least 4 members (excludes halogenated alkanes) is 12. The standard InChI is InChI=1S/C37H68O10/c1-4-5-6-7-8-9-10-11-12-16-22-32(40)34(42)24-25-35(43)33(41)23-18-17-20-30(39)19-14-13-15-21-31(46-28(2)38)26-29-27-37(3,45)47-36(29)44/h27,30-35,39-43,45H,4-26H2,1-3H3/t30-,31-,32+,33+,34+,35+,37?/m1/s1. The molecule has 0 aromatic carbocycles. The van der Waals surface area contributed by atoms with Crippen LogP contribution in [0, 0.1) is 0 Å². The number of esters is 2. The molecule has 0 fully saturated rings. The number of aliphatic hydroxyl groups is 6. The quantitative estimate of drug-likeness (QED) is 0.0398. The number of ether oxygens (including phenoxy) is 2. The van der Waals surface area contributed by atoms with Gasteiger partial charge in [0.15, 0.2) is 0 Å². The lowest BCUT2D eigenvalue weighted by molar-refractivity contribution is -0.173. The Morgan fingerprint density at radius 2 is 1.09 bits per heavy atom. The van der Waals surface area contributed by atoms with Crippen molar-refractivity contribution < 1.29 is 49.7 Å². The van der Waals surface area contributed by atoms with Crippen LogP contribution in [-0.2, 0) is 19.1 Å². The summed E-state index contributed by atoms with van der Waals surface area (Å²) < 4.78 is 10.2. The van der Waals surface area contributed by atoms with Crippen LogP contribution in [0.1, 0.15) is 168 Å². The highest BCUT2D eigenvalue weighted by Crippen LogP contribution is 2.27. The van der Waals surface area contributed by atoms with Crippen molar-refractivity contribution >= 4 is 11.9 Å². The molecule has 0 aromatic rings. The van der Waals surface area contributed by atoms with Crippen LogP contribution in [-0.4, -0.2) is 85.0 Å². The Morgan fingerprint density at radius 3 is 1.57 bits per heavy atom. The minimum absolute atomic E-state index is 0.180. The van der Waals surface area contributed by atoms with Gasteiger partial charge in [-0.05, 0) is 57.4 Å². The van der Waals surface area contributed by atoms with E-state index >= 15 is 0 Å². The van der Waals surface area contributed by atoms with Crippen LogP contribution in [0.15, 0.2) is 11.6 Å². The third-order valence-electron chi connectivity index (χ3n) is 9.13. The maximum atomic E-state index is 11.9. The topological polar surface area (TPSA) is 174 Å². The highest BCUT2D eigenvalue weighted by molar-refractivity contribution is 5.91. The zero-order chi connectivity index (χ0) is 35.1. The van der Waals surface area contributed by atoms with Crippen LogP contribution >= 0.6 is 0 Å². The molecular formula is C37H68O10. The van der Waals surface area contributed by atoms with E-state index < -0.39 is 54.3 Å². The zero-order valence-corrected chi connectivity index (χ0v) is 29.6. The Kier molecular flexibility index (Phi) is 23.5. The van der Waals surface area contributed by atoms with Crippen LogP contribution < -0.4 is 0 Å². The second-order valence-electron chi connectivity index (χ2n) is 13.9. The summed E-state index contributed by atoms with van der Waals surface area (Å²) >= 11 is 0. The number of rotatable bonds is 30. The highest BCUT2D eigenvalue weighted by atomic mass is 16.7. The molecule has 0 saturated carbocycles. The Labute approximate surface area is 283 Å². The molecule has 0 amide bonds. The summed E-state index contributed by atoms with van der Waals surface area (Å²) in [4.78, 5) is 23.4. The second kappa shape index (κ2) is 25.4. The Hall–Kier alpha value is -1.56. The van der Waals surface area contributed by atoms with E-state index in [1.54, 1.807) is 0 Å². The predicted molar refractivity (Wildman–Crippen MR) is 182 cm³/mol. The molecule has 0 bridgehead atoms. The van der Waals surface area contributed by atoms with Crippen LogP contribution in [0.3, 0.4) is 0 Å². The third kappa shape index (κ3) is 21.9. The molecule has 6 N–H and O–H groups in total. The molecule has 1 unspecified atom stereocenters. The SMILES string of the molecule is CCCCCCCCCCCC[C@H](O)[C@@H](O)CC[C@H](O)[C@@H](O)CCCC[C@H](O)CCCCC[C@H](CC1=CC(C)(O)OC1=O)OC(C)=O. The van der Waals surface area contributed by atoms with Gasteiger partial charge in [0, 0.05) is 25.8 Å². The van der Waals surface area contributed by atoms with Gasteiger partial charge < -0.3 is 40.1 Å². The molecule has 10 heteroatoms. The first kappa shape index (κ1) is 43.5. The summed E-state index contributed by atoms with van der Waals surface area (Å²) in [5.41, 5.74) is 0.292. The van der Waals surface area contributed by atoms with Crippen molar-refractivity contribution in [3.63, 3.8) is 0 Å². The Balaban J connectivity index is 2.10. The van der Waals surface area contributed by atoms with Crippen molar-refractivity contribution in [1.82, 2.24) is 0 Å². The van der Waals surface area contributed by atoms with Gasteiger partial charge in [0.25, 0.3) is 0 Å². The third-order valence-corrected chi connectivity index (χ3v) is 9.13. The fraction of sp³-hybridized carbons (Fsp3) is 0.892. The van der Waals surface area contributed by atoms with Gasteiger partial charge in [-0.1, -0.05) is 96.8 Å². The summed E-state index contributed by atoms with van der Waals surface area (Å²) in [6, 6.07) is 0. The molecule has 0 spiro atoms. The van der Waals surface area contributed by atoms with E-state index in [9.17, 15) is 40.2 Å². The molecule has 7 atom stereocenters. The van der Waals surface area contributed by atoms with Crippen molar-refractivity contribution in [2.45, 2.75) is 211 Å². The van der Waals surface area contributed by atoms with Gasteiger partial charge in [-0.15, -0.1) is 0 Å². The molecule has 0 aromatic heterocycles. The van der Waals surface area contributed by atoms with Crippen molar-refractivity contribution in [2.24, 2.45) is 0 Å². The summed E-state index contributed by atoms with van der Waals surface area (Å²) in [6.45, 7) is 4.91. The Morgan fingerprint density at radius 1 is 0.681 bits per heavy atom. The fourth-order valence-corrected chi connectivity index (χ4v) is 6.25. The van der Waals surface area contributed by atoms with Crippen LogP contribution in [0.25, 0.3) is 0 Å². The number of hydrogen-bond acceptors (Lipinski definition) is 10. The van der Waals surface area contributed by atoms with E-state index in [1.165, 1.54) is 64.9 Å². The largest absolute Gasteiger partial charge is 0.462 e. The summed E-state index contributed by atoms with van der Waals surface area (Å²) in [5, 5.41) is 61.5. The smallest absolute Gasteiger partial charge is 0.336 e. The first-order valence-electron chi connectivity index (χ1n) is 18.6. The van der Waals surface area contributed by atoms with Gasteiger partial charge in [0.1, 0.15) is 6.10 Å². The van der Waals surface area contributed by atoms with Crippen molar-refractivity contribution in [2.75, 3.05) is 0 Å². The van der Waals surface area contributed by atoms with E-state index in [0.29, 0.717) is 50.5 Å². The first-order chi connectivity index (χ1) is 22.3. The zero-order valence-electron chi connectivity index (χ0n) is 29.6. The van der Waals surface area contributed by atoms with Gasteiger partial charge in [-0.3, -0.25) is 4.79 Å². The molecule has 276 valence electrons. The molecule has 10 nitrogen and oxygen atoms in total. The monoisotopic (exact) mass is 672 g/mol. The number of carbonyl (C=O) groups excluding carboxylic acids is 2. The van der Waals surface area contributed by atoms with E-state index in [2.05, 4.69) is 6.92 Å². The minimum atomic E-state index is -1.64. The number of carbonyl (C=O) groups is 2. The molecule has 47 heavy (non-hydrogen) atoms. The molecule has 1 aliphatic rings. The van der Waals surface area contributed by atoms with Gasteiger partial charge in [-0.2, -0.15) is 0 Å². The molecule has 0 aliphatic carbocycles. The van der Waals surface area contributed by atoms with E-state index in [-0.39, 0.29) is 19.3 Å². The van der Waals surface area contributed by atoms with E-state index in [4.69, 9.17) is 9.47 Å². The normalized spacial score (nSPS) is 20.3. The van der Waals surface area contributed by atoms with E-state index in [1.807, 2.05) is 0 Å². The molecule has 1 rings (SSSR count). The number of hydrogen-bond donors (Lipinski definition) is 6. The lowest BCUT2D eigenvalue weighted by Gasteiger charge is -2.22. The maximum Gasteiger partial charge on any atom is 0.336 e. The van der Waals surface area contributed by atoms with Gasteiger partial charge in [0.05, 0.1) is 30.5 Å². The molecule has 0 radical (unpaired) electrons. The summed E-state index contributed by atoms with van der Waals surface area (Å²) in [7, 11) is 0. The highest BCUT2D eigenvalue weighted by Gasteiger charge is 2.35. The average molecular weight is 673 g/mol. The van der Waals surface area contributed by atoms with Gasteiger partial charge in [-0.25, -0.2) is 4.79 Å². The first-order valence-corrected chi connectivity index (χ1v) is 18.6. The molecular weight excluding hydrogens is 604 g/mol. The number of aliphatic hydroxyl groups excluding tert-OH is 5. The Bertz CT molecular complexity index is 860. The minimum Gasteiger partial charge on any atom is -0.462 e. The molecule has 1 heterocycles.